The Hall–Kier alpha value is -0.500. The molecule has 1 atom stereocenters. The molecular weight excluding hydrogens is 209 g/mol. The fraction of sp³-hybridized carbons (Fsp3) is 0.250. The molecule has 13 heavy (non-hydrogen) atoms. The van der Waals surface area contributed by atoms with Crippen molar-refractivity contribution in [2.45, 2.75) is 6.92 Å². The summed E-state index contributed by atoms with van der Waals surface area (Å²) in [5, 5.41) is 2.40. The number of nitrogens with one attached hydrogen (secondary N) is 1. The van der Waals surface area contributed by atoms with Gasteiger partial charge in [-0.3, -0.25) is 0 Å². The fourth-order valence-corrected chi connectivity index (χ4v) is 1.50. The van der Waals surface area contributed by atoms with Crippen molar-refractivity contribution in [3.8, 4) is 5.75 Å². The standard InChI is InChI=1S/C8H11ClNO2P/c1-7-3-5-8(6-4-7)12-13(9,11)10-2/h3-6H,1-2H3,(H,10,11). The van der Waals surface area contributed by atoms with Gasteiger partial charge in [0.1, 0.15) is 5.75 Å². The molecule has 1 N–H and O–H groups in total. The molecule has 1 aromatic carbocycles. The SMILES string of the molecule is CNP(=O)(Cl)Oc1ccc(C)cc1. The van der Waals surface area contributed by atoms with E-state index in [1.807, 2.05) is 19.1 Å². The van der Waals surface area contributed by atoms with Gasteiger partial charge < -0.3 is 4.52 Å². The third-order valence-electron chi connectivity index (χ3n) is 1.51. The summed E-state index contributed by atoms with van der Waals surface area (Å²) in [5.41, 5.74) is 1.11. The van der Waals surface area contributed by atoms with Crippen LogP contribution in [0.25, 0.3) is 0 Å². The molecule has 0 aliphatic carbocycles. The lowest BCUT2D eigenvalue weighted by molar-refractivity contribution is 0.489. The highest BCUT2D eigenvalue weighted by atomic mass is 35.7. The van der Waals surface area contributed by atoms with Gasteiger partial charge in [-0.1, -0.05) is 17.7 Å². The summed E-state index contributed by atoms with van der Waals surface area (Å²) in [6.45, 7) is -1.23. The van der Waals surface area contributed by atoms with Gasteiger partial charge in [-0.15, -0.1) is 0 Å². The van der Waals surface area contributed by atoms with Gasteiger partial charge in [0.15, 0.2) is 0 Å². The zero-order chi connectivity index (χ0) is 9.90. The average Bonchev–Trinajstić information content (AvgIpc) is 2.09. The molecule has 0 spiro atoms. The maximum absolute atomic E-state index is 11.3. The summed E-state index contributed by atoms with van der Waals surface area (Å²) in [6, 6.07) is 7.17. The van der Waals surface area contributed by atoms with Crippen LogP contribution in [0, 0.1) is 6.92 Å². The summed E-state index contributed by atoms with van der Waals surface area (Å²) in [6.07, 6.45) is 0. The van der Waals surface area contributed by atoms with Crippen molar-refractivity contribution in [2.24, 2.45) is 0 Å². The molecule has 72 valence electrons. The second-order valence-corrected chi connectivity index (χ2v) is 5.53. The van der Waals surface area contributed by atoms with E-state index in [-0.39, 0.29) is 0 Å². The van der Waals surface area contributed by atoms with Crippen LogP contribution in [0.3, 0.4) is 0 Å². The van der Waals surface area contributed by atoms with E-state index in [1.165, 1.54) is 7.05 Å². The topological polar surface area (TPSA) is 38.3 Å². The van der Waals surface area contributed by atoms with Crippen LogP contribution in [0.2, 0.25) is 0 Å². The normalized spacial score (nSPS) is 15.0. The van der Waals surface area contributed by atoms with Crippen LogP contribution in [0.4, 0.5) is 0 Å². The van der Waals surface area contributed by atoms with Gasteiger partial charge in [0.2, 0.25) is 0 Å². The molecule has 0 fully saturated rings. The minimum absolute atomic E-state index is 0.498. The number of aryl methyl sites for hydroxylation is 1. The third kappa shape index (κ3) is 3.39. The van der Waals surface area contributed by atoms with Crippen molar-refractivity contribution < 1.29 is 9.09 Å². The lowest BCUT2D eigenvalue weighted by Gasteiger charge is -2.10. The van der Waals surface area contributed by atoms with Crippen LogP contribution in [0.1, 0.15) is 5.56 Å². The Kier molecular flexibility index (Phi) is 3.37. The molecular formula is C8H11ClNO2P. The Morgan fingerprint density at radius 3 is 2.38 bits per heavy atom. The highest BCUT2D eigenvalue weighted by molar-refractivity contribution is 7.84. The summed E-state index contributed by atoms with van der Waals surface area (Å²) in [4.78, 5) is 0. The van der Waals surface area contributed by atoms with Gasteiger partial charge in [0, 0.05) is 11.2 Å². The molecule has 0 saturated heterocycles. The van der Waals surface area contributed by atoms with Gasteiger partial charge in [0.25, 0.3) is 0 Å². The zero-order valence-electron chi connectivity index (χ0n) is 7.45. The molecule has 1 rings (SSSR count). The summed E-state index contributed by atoms with van der Waals surface area (Å²) in [7, 11) is 1.49. The Balaban J connectivity index is 2.75. The van der Waals surface area contributed by atoms with Crippen molar-refractivity contribution in [3.63, 3.8) is 0 Å². The first-order valence-electron chi connectivity index (χ1n) is 3.78. The molecule has 1 aromatic rings. The van der Waals surface area contributed by atoms with Crippen LogP contribution in [-0.4, -0.2) is 7.05 Å². The Bertz CT molecular complexity index is 325. The Labute approximate surface area is 82.4 Å². The van der Waals surface area contributed by atoms with Crippen molar-refractivity contribution in [3.05, 3.63) is 29.8 Å². The Morgan fingerprint density at radius 2 is 1.92 bits per heavy atom. The first-order valence-corrected chi connectivity index (χ1v) is 6.31. The van der Waals surface area contributed by atoms with Crippen LogP contribution in [-0.2, 0) is 4.57 Å². The Morgan fingerprint density at radius 1 is 1.38 bits per heavy atom. The quantitative estimate of drug-likeness (QED) is 0.795. The van der Waals surface area contributed by atoms with E-state index >= 15 is 0 Å². The van der Waals surface area contributed by atoms with Gasteiger partial charge in [-0.2, -0.15) is 0 Å². The second-order valence-electron chi connectivity index (χ2n) is 2.61. The largest absolute Gasteiger partial charge is 0.422 e. The van der Waals surface area contributed by atoms with Crippen LogP contribution in [0.5, 0.6) is 5.75 Å². The first kappa shape index (κ1) is 10.6. The number of halogens is 1. The highest BCUT2D eigenvalue weighted by Crippen LogP contribution is 2.47. The summed E-state index contributed by atoms with van der Waals surface area (Å²) in [5.74, 6) is 0.498. The molecule has 0 aliphatic heterocycles. The maximum atomic E-state index is 11.3. The predicted octanol–water partition coefficient (Wildman–Crippen LogP) is 2.94. The van der Waals surface area contributed by atoms with E-state index in [4.69, 9.17) is 15.8 Å². The first-order chi connectivity index (χ1) is 6.03. The van der Waals surface area contributed by atoms with Crippen molar-refractivity contribution in [2.75, 3.05) is 7.05 Å². The minimum Gasteiger partial charge on any atom is -0.422 e. The van der Waals surface area contributed by atoms with Crippen molar-refractivity contribution >= 4 is 18.1 Å². The molecule has 0 amide bonds. The summed E-state index contributed by atoms with van der Waals surface area (Å²) < 4.78 is 16.3. The second kappa shape index (κ2) is 4.14. The predicted molar refractivity (Wildman–Crippen MR) is 54.3 cm³/mol. The molecule has 0 saturated carbocycles. The van der Waals surface area contributed by atoms with E-state index in [9.17, 15) is 4.57 Å². The van der Waals surface area contributed by atoms with Crippen LogP contribution in [0.15, 0.2) is 24.3 Å². The van der Waals surface area contributed by atoms with Gasteiger partial charge in [-0.05, 0) is 26.1 Å². The van der Waals surface area contributed by atoms with Gasteiger partial charge in [0.05, 0.1) is 0 Å². The van der Waals surface area contributed by atoms with Crippen molar-refractivity contribution in [1.82, 2.24) is 5.09 Å². The van der Waals surface area contributed by atoms with E-state index in [0.717, 1.165) is 5.56 Å². The van der Waals surface area contributed by atoms with Crippen molar-refractivity contribution in [1.29, 1.82) is 0 Å². The maximum Gasteiger partial charge on any atom is 0.408 e. The van der Waals surface area contributed by atoms with Gasteiger partial charge in [-0.25, -0.2) is 9.65 Å². The molecule has 1 unspecified atom stereocenters. The van der Waals surface area contributed by atoms with Gasteiger partial charge >= 0.3 is 6.87 Å². The zero-order valence-corrected chi connectivity index (χ0v) is 9.10. The minimum atomic E-state index is -3.19. The molecule has 0 aromatic heterocycles. The molecule has 5 heteroatoms. The smallest absolute Gasteiger partial charge is 0.408 e. The average molecular weight is 220 g/mol. The molecule has 0 aliphatic rings. The van der Waals surface area contributed by atoms with E-state index < -0.39 is 6.87 Å². The van der Waals surface area contributed by atoms with Crippen LogP contribution >= 0.6 is 18.1 Å². The molecule has 0 bridgehead atoms. The monoisotopic (exact) mass is 219 g/mol. The third-order valence-corrected chi connectivity index (χ3v) is 3.20. The summed E-state index contributed by atoms with van der Waals surface area (Å²) >= 11 is 5.52. The lowest BCUT2D eigenvalue weighted by Crippen LogP contribution is -2.02. The molecule has 0 heterocycles. The van der Waals surface area contributed by atoms with E-state index in [0.29, 0.717) is 5.75 Å². The molecule has 0 radical (unpaired) electrons. The highest BCUT2D eigenvalue weighted by Gasteiger charge is 2.17. The fourth-order valence-electron chi connectivity index (χ4n) is 0.780. The lowest BCUT2D eigenvalue weighted by atomic mass is 10.2. The van der Waals surface area contributed by atoms with E-state index in [2.05, 4.69) is 5.09 Å². The number of hydrogen-bond donors (Lipinski definition) is 1. The molecule has 3 nitrogen and oxygen atoms in total. The number of benzene rings is 1. The number of hydrogen-bond acceptors (Lipinski definition) is 2. The van der Waals surface area contributed by atoms with Crippen LogP contribution < -0.4 is 9.61 Å². The van der Waals surface area contributed by atoms with E-state index in [1.54, 1.807) is 12.1 Å². The number of rotatable bonds is 3.